The van der Waals surface area contributed by atoms with E-state index in [1.807, 2.05) is 67.2 Å². The number of hydrogen-bond donors (Lipinski definition) is 2. The van der Waals surface area contributed by atoms with E-state index in [2.05, 4.69) is 20.5 Å². The number of amides is 1. The molecule has 0 spiro atoms. The van der Waals surface area contributed by atoms with Crippen molar-refractivity contribution in [1.82, 2.24) is 24.3 Å². The van der Waals surface area contributed by atoms with E-state index >= 15 is 0 Å². The van der Waals surface area contributed by atoms with Gasteiger partial charge in [-0.2, -0.15) is 0 Å². The molecule has 2 N–H and O–H groups in total. The van der Waals surface area contributed by atoms with Crippen LogP contribution in [0.1, 0.15) is 15.9 Å². The van der Waals surface area contributed by atoms with Crippen LogP contribution in [0.4, 0.5) is 26.1 Å². The lowest BCUT2D eigenvalue weighted by Gasteiger charge is -2.15. The van der Waals surface area contributed by atoms with Crippen molar-refractivity contribution in [2.75, 3.05) is 31.8 Å². The summed E-state index contributed by atoms with van der Waals surface area (Å²) in [6, 6.07) is 23.5. The van der Waals surface area contributed by atoms with E-state index in [-0.39, 0.29) is 0 Å². The Bertz CT molecular complexity index is 2010. The normalized spacial score (nSPS) is 11.2. The summed E-state index contributed by atoms with van der Waals surface area (Å²) < 4.78 is 35.9. The zero-order valence-electron chi connectivity index (χ0n) is 24.8. The highest BCUT2D eigenvalue weighted by Gasteiger charge is 2.20. The van der Waals surface area contributed by atoms with Crippen molar-refractivity contribution in [2.45, 2.75) is 6.54 Å². The molecule has 0 radical (unpaired) electrons. The molecule has 6 rings (SSSR count). The van der Waals surface area contributed by atoms with Crippen LogP contribution in [0.15, 0.2) is 97.3 Å². The van der Waals surface area contributed by atoms with Crippen molar-refractivity contribution in [3.63, 3.8) is 0 Å². The Balaban J connectivity index is 1.36. The van der Waals surface area contributed by atoms with Crippen LogP contribution in [0.25, 0.3) is 28.3 Å². The van der Waals surface area contributed by atoms with Gasteiger partial charge in [-0.15, -0.1) is 0 Å². The Hall–Kier alpha value is -5.68. The molecular formula is C34H29F2N7O2. The largest absolute Gasteiger partial charge is 0.496 e. The number of imidazole rings is 1. The molecule has 9 nitrogen and oxygen atoms in total. The first-order valence-electron chi connectivity index (χ1n) is 14.1. The topological polar surface area (TPSA) is 96.7 Å². The second kappa shape index (κ2) is 12.5. The van der Waals surface area contributed by atoms with Gasteiger partial charge in [0.05, 0.1) is 24.2 Å². The molecule has 3 heterocycles. The van der Waals surface area contributed by atoms with E-state index in [1.54, 1.807) is 37.6 Å². The molecule has 0 aliphatic carbocycles. The maximum Gasteiger partial charge on any atom is 0.261 e. The fourth-order valence-electron chi connectivity index (χ4n) is 5.09. The van der Waals surface area contributed by atoms with Crippen molar-refractivity contribution in [3.05, 3.63) is 120 Å². The molecule has 226 valence electrons. The Morgan fingerprint density at radius 1 is 0.911 bits per heavy atom. The van der Waals surface area contributed by atoms with Crippen LogP contribution in [0, 0.1) is 11.6 Å². The van der Waals surface area contributed by atoms with Crippen LogP contribution in [-0.2, 0) is 6.54 Å². The quantitative estimate of drug-likeness (QED) is 0.187. The first-order valence-corrected chi connectivity index (χ1v) is 14.1. The highest BCUT2D eigenvalue weighted by molar-refractivity contribution is 6.05. The first-order chi connectivity index (χ1) is 21.8. The lowest BCUT2D eigenvalue weighted by atomic mass is 10.1. The molecule has 0 saturated heterocycles. The molecule has 45 heavy (non-hydrogen) atoms. The summed E-state index contributed by atoms with van der Waals surface area (Å²) in [6.45, 7) is 0.694. The van der Waals surface area contributed by atoms with Crippen LogP contribution in [-0.4, -0.2) is 51.4 Å². The lowest BCUT2D eigenvalue weighted by molar-refractivity contribution is 0.101. The molecule has 0 aliphatic heterocycles. The standard InChI is InChI=1S/C34H29F2N7O2/c1-42(2)20-22-19-24(13-14-28(22)45-3)39-34-37-16-15-27(40-34)32-31(41-29-12-4-5-17-43(29)32)21-8-6-9-23(18-21)38-33(44)30-25(35)10-7-11-26(30)36/h4-19H,20H2,1-3H3,(H,38,44)(H,37,39,40). The van der Waals surface area contributed by atoms with Gasteiger partial charge in [-0.1, -0.05) is 24.3 Å². The van der Waals surface area contributed by atoms with Gasteiger partial charge in [0.15, 0.2) is 0 Å². The molecule has 1 amide bonds. The van der Waals surface area contributed by atoms with Crippen molar-refractivity contribution >= 4 is 28.9 Å². The number of carbonyl (C=O) groups excluding carboxylic acids is 1. The lowest BCUT2D eigenvalue weighted by Crippen LogP contribution is -2.15. The van der Waals surface area contributed by atoms with Gasteiger partial charge in [-0.3, -0.25) is 9.20 Å². The molecule has 11 heteroatoms. The third-order valence-electron chi connectivity index (χ3n) is 7.03. The minimum Gasteiger partial charge on any atom is -0.496 e. The predicted molar refractivity (Wildman–Crippen MR) is 170 cm³/mol. The number of hydrogen-bond acceptors (Lipinski definition) is 7. The van der Waals surface area contributed by atoms with Crippen LogP contribution in [0.5, 0.6) is 5.75 Å². The Kier molecular flexibility index (Phi) is 8.17. The van der Waals surface area contributed by atoms with Gasteiger partial charge in [0.2, 0.25) is 5.95 Å². The summed E-state index contributed by atoms with van der Waals surface area (Å²) in [5.74, 6) is -1.60. The van der Waals surface area contributed by atoms with Gasteiger partial charge < -0.3 is 20.3 Å². The number of fused-ring (bicyclic) bond motifs is 1. The number of aromatic nitrogens is 4. The van der Waals surface area contributed by atoms with Crippen LogP contribution in [0.2, 0.25) is 0 Å². The molecular weight excluding hydrogens is 576 g/mol. The number of nitrogens with one attached hydrogen (secondary N) is 2. The number of carbonyl (C=O) groups is 1. The number of halogens is 2. The fraction of sp³-hybridized carbons (Fsp3) is 0.118. The summed E-state index contributed by atoms with van der Waals surface area (Å²) >= 11 is 0. The van der Waals surface area contributed by atoms with E-state index in [0.29, 0.717) is 46.5 Å². The van der Waals surface area contributed by atoms with Crippen molar-refractivity contribution in [2.24, 2.45) is 0 Å². The molecule has 0 saturated carbocycles. The van der Waals surface area contributed by atoms with Gasteiger partial charge in [0.25, 0.3) is 5.91 Å². The van der Waals surface area contributed by atoms with Gasteiger partial charge in [0, 0.05) is 41.4 Å². The van der Waals surface area contributed by atoms with Gasteiger partial charge in [-0.25, -0.2) is 23.7 Å². The predicted octanol–water partition coefficient (Wildman–Crippen LogP) is 6.80. The minimum atomic E-state index is -0.942. The smallest absolute Gasteiger partial charge is 0.261 e. The van der Waals surface area contributed by atoms with E-state index in [4.69, 9.17) is 14.7 Å². The maximum atomic E-state index is 14.2. The third kappa shape index (κ3) is 6.20. The molecule has 0 unspecified atom stereocenters. The molecule has 0 aliphatic rings. The SMILES string of the molecule is COc1ccc(Nc2nccc(-c3c(-c4cccc(NC(=O)c5c(F)cccc5F)c4)nc4ccccn34)n2)cc1CN(C)C. The zero-order chi connectivity index (χ0) is 31.5. The van der Waals surface area contributed by atoms with Crippen molar-refractivity contribution in [3.8, 4) is 28.4 Å². The van der Waals surface area contributed by atoms with Crippen molar-refractivity contribution < 1.29 is 18.3 Å². The Morgan fingerprint density at radius 3 is 2.49 bits per heavy atom. The van der Waals surface area contributed by atoms with E-state index in [9.17, 15) is 13.6 Å². The molecule has 0 fully saturated rings. The highest BCUT2D eigenvalue weighted by Crippen LogP contribution is 2.34. The number of anilines is 3. The fourth-order valence-corrected chi connectivity index (χ4v) is 5.09. The van der Waals surface area contributed by atoms with Crippen LogP contribution < -0.4 is 15.4 Å². The second-order valence-electron chi connectivity index (χ2n) is 10.5. The number of rotatable bonds is 9. The van der Waals surface area contributed by atoms with E-state index < -0.39 is 23.1 Å². The molecule has 0 atom stereocenters. The summed E-state index contributed by atoms with van der Waals surface area (Å²) in [5, 5.41) is 5.90. The molecule has 3 aromatic heterocycles. The number of pyridine rings is 1. The summed E-state index contributed by atoms with van der Waals surface area (Å²) in [7, 11) is 5.63. The minimum absolute atomic E-state index is 0.348. The van der Waals surface area contributed by atoms with Crippen LogP contribution >= 0.6 is 0 Å². The number of ether oxygens (including phenoxy) is 1. The number of methoxy groups -OCH3 is 1. The van der Waals surface area contributed by atoms with Gasteiger partial charge >= 0.3 is 0 Å². The summed E-state index contributed by atoms with van der Waals surface area (Å²) in [6.07, 6.45) is 3.56. The molecule has 6 aromatic rings. The average molecular weight is 606 g/mol. The van der Waals surface area contributed by atoms with E-state index in [1.165, 1.54) is 6.07 Å². The Morgan fingerprint density at radius 2 is 1.71 bits per heavy atom. The second-order valence-corrected chi connectivity index (χ2v) is 10.5. The van der Waals surface area contributed by atoms with E-state index in [0.717, 1.165) is 29.1 Å². The monoisotopic (exact) mass is 605 g/mol. The molecule has 0 bridgehead atoms. The van der Waals surface area contributed by atoms with Crippen molar-refractivity contribution in [1.29, 1.82) is 0 Å². The number of nitrogens with zero attached hydrogens (tertiary/aromatic N) is 5. The number of benzene rings is 3. The van der Waals surface area contributed by atoms with Crippen LogP contribution in [0.3, 0.4) is 0 Å². The first kappa shape index (κ1) is 29.4. The molecule has 3 aromatic carbocycles. The average Bonchev–Trinajstić information content (AvgIpc) is 3.41. The third-order valence-corrected chi connectivity index (χ3v) is 7.03. The Labute approximate surface area is 258 Å². The highest BCUT2D eigenvalue weighted by atomic mass is 19.1. The zero-order valence-corrected chi connectivity index (χ0v) is 24.8. The van der Waals surface area contributed by atoms with Gasteiger partial charge in [0.1, 0.15) is 28.6 Å². The summed E-state index contributed by atoms with van der Waals surface area (Å²) in [5.41, 5.74) is 4.75. The summed E-state index contributed by atoms with van der Waals surface area (Å²) in [4.78, 5) is 29.0. The maximum absolute atomic E-state index is 14.2. The van der Waals surface area contributed by atoms with Gasteiger partial charge in [-0.05, 0) is 74.8 Å².